The fourth-order valence-corrected chi connectivity index (χ4v) is 5.35. The smallest absolute Gasteiger partial charge is 0.254 e. The Balaban J connectivity index is 1.89. The van der Waals surface area contributed by atoms with Crippen molar-refractivity contribution in [3.05, 3.63) is 118 Å². The van der Waals surface area contributed by atoms with Crippen molar-refractivity contribution in [2.24, 2.45) is 0 Å². The van der Waals surface area contributed by atoms with Crippen molar-refractivity contribution in [3.8, 4) is 22.6 Å². The van der Waals surface area contributed by atoms with Gasteiger partial charge >= 0.3 is 0 Å². The van der Waals surface area contributed by atoms with Crippen LogP contribution in [0.15, 0.2) is 84.9 Å². The van der Waals surface area contributed by atoms with Crippen LogP contribution in [0.3, 0.4) is 0 Å². The molecular formula is C38H40N2O6. The summed E-state index contributed by atoms with van der Waals surface area (Å²) < 4.78 is 10.5. The Morgan fingerprint density at radius 3 is 1.09 bits per heavy atom. The van der Waals surface area contributed by atoms with E-state index in [1.165, 1.54) is 0 Å². The summed E-state index contributed by atoms with van der Waals surface area (Å²) in [5, 5.41) is 0. The molecule has 0 bridgehead atoms. The number of benzene rings is 4. The summed E-state index contributed by atoms with van der Waals surface area (Å²) in [6.45, 7) is 9.54. The first-order valence-electron chi connectivity index (χ1n) is 15.5. The Morgan fingerprint density at radius 2 is 0.804 bits per heavy atom. The van der Waals surface area contributed by atoms with Crippen molar-refractivity contribution in [1.82, 2.24) is 9.80 Å². The molecule has 8 nitrogen and oxygen atoms in total. The van der Waals surface area contributed by atoms with Gasteiger partial charge in [0.05, 0.1) is 25.3 Å². The molecule has 0 unspecified atom stereocenters. The topological polar surface area (TPSA) is 93.2 Å². The minimum atomic E-state index is -0.317. The van der Waals surface area contributed by atoms with E-state index in [1.807, 2.05) is 27.7 Å². The average Bonchev–Trinajstić information content (AvgIpc) is 3.11. The standard InChI is InChI=1S/C38H40N2O6/c1-7-39(8-2)37(43)31-21-15-27(23-33(31)35(41)25-11-17-29(45-5)18-12-25)28-16-22-32(38(44)40(9-3)10-4)34(24-28)36(42)26-13-19-30(46-6)20-14-26/h11-24H,7-10H2,1-6H3. The van der Waals surface area contributed by atoms with E-state index >= 15 is 0 Å². The number of rotatable bonds is 13. The summed E-state index contributed by atoms with van der Waals surface area (Å²) in [5.74, 6) is 0.0925. The van der Waals surface area contributed by atoms with Crippen molar-refractivity contribution in [3.63, 3.8) is 0 Å². The number of hydrogen-bond donors (Lipinski definition) is 0. The van der Waals surface area contributed by atoms with Crippen LogP contribution in [-0.2, 0) is 0 Å². The Bertz CT molecular complexity index is 1590. The minimum absolute atomic E-state index is 0.242. The summed E-state index contributed by atoms with van der Waals surface area (Å²) in [4.78, 5) is 58.3. The van der Waals surface area contributed by atoms with Gasteiger partial charge in [-0.2, -0.15) is 0 Å². The zero-order chi connectivity index (χ0) is 33.4. The van der Waals surface area contributed by atoms with E-state index in [0.29, 0.717) is 59.9 Å². The van der Waals surface area contributed by atoms with E-state index in [0.717, 1.165) is 0 Å². The third-order valence-electron chi connectivity index (χ3n) is 8.13. The number of hydrogen-bond acceptors (Lipinski definition) is 6. The number of nitrogens with zero attached hydrogens (tertiary/aromatic N) is 2. The molecule has 0 radical (unpaired) electrons. The summed E-state index contributed by atoms with van der Waals surface area (Å²) in [7, 11) is 3.10. The van der Waals surface area contributed by atoms with Gasteiger partial charge in [-0.25, -0.2) is 0 Å². The monoisotopic (exact) mass is 620 g/mol. The van der Waals surface area contributed by atoms with Gasteiger partial charge in [-0.05, 0) is 112 Å². The molecule has 4 rings (SSSR count). The Labute approximate surface area is 270 Å². The Morgan fingerprint density at radius 1 is 0.478 bits per heavy atom. The van der Waals surface area contributed by atoms with Gasteiger partial charge < -0.3 is 19.3 Å². The highest BCUT2D eigenvalue weighted by Gasteiger charge is 2.25. The van der Waals surface area contributed by atoms with Crippen LogP contribution in [0.25, 0.3) is 11.1 Å². The molecule has 238 valence electrons. The first-order chi connectivity index (χ1) is 22.2. The summed E-state index contributed by atoms with van der Waals surface area (Å²) in [6, 6.07) is 23.7. The van der Waals surface area contributed by atoms with Gasteiger partial charge in [-0.3, -0.25) is 19.2 Å². The van der Waals surface area contributed by atoms with Gasteiger partial charge in [-0.15, -0.1) is 0 Å². The summed E-state index contributed by atoms with van der Waals surface area (Å²) in [5.41, 5.74) is 3.12. The molecule has 0 aliphatic heterocycles. The second-order valence-corrected chi connectivity index (χ2v) is 10.6. The van der Waals surface area contributed by atoms with Crippen LogP contribution in [0.4, 0.5) is 0 Å². The van der Waals surface area contributed by atoms with E-state index in [9.17, 15) is 19.2 Å². The molecule has 0 aromatic heterocycles. The molecule has 0 saturated carbocycles. The second-order valence-electron chi connectivity index (χ2n) is 10.6. The molecule has 4 aromatic carbocycles. The maximum absolute atomic E-state index is 13.9. The Hall–Kier alpha value is -5.24. The van der Waals surface area contributed by atoms with Crippen LogP contribution in [0, 0.1) is 0 Å². The Kier molecular flexibility index (Phi) is 11.1. The molecule has 0 atom stereocenters. The predicted octanol–water partition coefficient (Wildman–Crippen LogP) is 6.80. The van der Waals surface area contributed by atoms with Crippen LogP contribution in [-0.4, -0.2) is 73.6 Å². The summed E-state index contributed by atoms with van der Waals surface area (Å²) >= 11 is 0. The molecule has 0 fully saturated rings. The lowest BCUT2D eigenvalue weighted by Crippen LogP contribution is -2.32. The molecule has 2 amide bonds. The number of ether oxygens (including phenoxy) is 2. The molecular weight excluding hydrogens is 580 g/mol. The lowest BCUT2D eigenvalue weighted by Gasteiger charge is -2.22. The van der Waals surface area contributed by atoms with Crippen LogP contribution >= 0.6 is 0 Å². The first kappa shape index (κ1) is 33.6. The van der Waals surface area contributed by atoms with Crippen LogP contribution in [0.2, 0.25) is 0 Å². The van der Waals surface area contributed by atoms with Crippen molar-refractivity contribution < 1.29 is 28.7 Å². The van der Waals surface area contributed by atoms with Gasteiger partial charge in [0.2, 0.25) is 0 Å². The quantitative estimate of drug-likeness (QED) is 0.153. The number of carbonyl (C=O) groups is 4. The van der Waals surface area contributed by atoms with Crippen molar-refractivity contribution in [2.45, 2.75) is 27.7 Å². The van der Waals surface area contributed by atoms with Gasteiger partial charge in [0, 0.05) is 48.4 Å². The third-order valence-corrected chi connectivity index (χ3v) is 8.13. The third kappa shape index (κ3) is 7.01. The van der Waals surface area contributed by atoms with Crippen LogP contribution < -0.4 is 9.47 Å². The maximum atomic E-state index is 13.9. The minimum Gasteiger partial charge on any atom is -0.497 e. The highest BCUT2D eigenvalue weighted by molar-refractivity contribution is 6.17. The molecule has 8 heteroatoms. The maximum Gasteiger partial charge on any atom is 0.254 e. The lowest BCUT2D eigenvalue weighted by molar-refractivity contribution is 0.0762. The molecule has 0 aliphatic rings. The normalized spacial score (nSPS) is 10.7. The zero-order valence-corrected chi connectivity index (χ0v) is 27.3. The van der Waals surface area contributed by atoms with E-state index < -0.39 is 0 Å². The number of methoxy groups -OCH3 is 2. The van der Waals surface area contributed by atoms with E-state index in [-0.39, 0.29) is 45.6 Å². The van der Waals surface area contributed by atoms with Crippen LogP contribution in [0.5, 0.6) is 11.5 Å². The van der Waals surface area contributed by atoms with Crippen LogP contribution in [0.1, 0.15) is 80.3 Å². The van der Waals surface area contributed by atoms with E-state index in [4.69, 9.17) is 9.47 Å². The summed E-state index contributed by atoms with van der Waals surface area (Å²) in [6.07, 6.45) is 0. The number of ketones is 2. The predicted molar refractivity (Wildman–Crippen MR) is 179 cm³/mol. The van der Waals surface area contributed by atoms with E-state index in [2.05, 4.69) is 0 Å². The largest absolute Gasteiger partial charge is 0.497 e. The fraction of sp³-hybridized carbons (Fsp3) is 0.263. The number of carbonyl (C=O) groups excluding carboxylic acids is 4. The average molecular weight is 621 g/mol. The lowest BCUT2D eigenvalue weighted by atomic mass is 9.90. The highest BCUT2D eigenvalue weighted by Crippen LogP contribution is 2.30. The van der Waals surface area contributed by atoms with Crippen molar-refractivity contribution in [2.75, 3.05) is 40.4 Å². The van der Waals surface area contributed by atoms with Gasteiger partial charge in [-0.1, -0.05) is 12.1 Å². The molecule has 46 heavy (non-hydrogen) atoms. The molecule has 0 spiro atoms. The molecule has 0 N–H and O–H groups in total. The second kappa shape index (κ2) is 15.2. The molecule has 4 aromatic rings. The van der Waals surface area contributed by atoms with Crippen molar-refractivity contribution in [1.29, 1.82) is 0 Å². The van der Waals surface area contributed by atoms with Crippen molar-refractivity contribution >= 4 is 23.4 Å². The molecule has 0 saturated heterocycles. The highest BCUT2D eigenvalue weighted by atomic mass is 16.5. The van der Waals surface area contributed by atoms with Gasteiger partial charge in [0.1, 0.15) is 11.5 Å². The fourth-order valence-electron chi connectivity index (χ4n) is 5.35. The zero-order valence-electron chi connectivity index (χ0n) is 27.3. The number of amides is 2. The molecule has 0 aliphatic carbocycles. The SMILES string of the molecule is CCN(CC)C(=O)c1ccc(-c2ccc(C(=O)N(CC)CC)c(C(=O)c3ccc(OC)cc3)c2)cc1C(=O)c1ccc(OC)cc1. The first-order valence-corrected chi connectivity index (χ1v) is 15.5. The van der Waals surface area contributed by atoms with E-state index in [1.54, 1.807) is 109 Å². The van der Waals surface area contributed by atoms with Gasteiger partial charge in [0.25, 0.3) is 11.8 Å². The molecule has 0 heterocycles. The van der Waals surface area contributed by atoms with Gasteiger partial charge in [0.15, 0.2) is 11.6 Å².